The molecule has 0 aliphatic carbocycles. The molecule has 2 aromatic rings. The fraction of sp³-hybridized carbons (Fsp3) is 0. The van der Waals surface area contributed by atoms with Gasteiger partial charge in [0.25, 0.3) is 0 Å². The Morgan fingerprint density at radius 1 is 0.562 bits per heavy atom. The van der Waals surface area contributed by atoms with Crippen LogP contribution >= 0.6 is 0 Å². The van der Waals surface area contributed by atoms with E-state index in [1.165, 1.54) is 0 Å². The van der Waals surface area contributed by atoms with Crippen LogP contribution in [0, 0.1) is 29.7 Å². The molecule has 0 atom stereocenters. The Hall–Kier alpha value is -0.200. The third kappa shape index (κ3) is 23.5. The second kappa shape index (κ2) is 29.3. The Balaban J connectivity index is -0.0000000360. The maximum absolute atomic E-state index is 2.00. The third-order valence-corrected chi connectivity index (χ3v) is 1.11. The molecule has 0 amide bonds. The van der Waals surface area contributed by atoms with Crippen LogP contribution in [0.1, 0.15) is 0 Å². The van der Waals surface area contributed by atoms with E-state index in [0.717, 1.165) is 0 Å². The van der Waals surface area contributed by atoms with Crippen molar-refractivity contribution < 1.29 is 23.3 Å². The van der Waals surface area contributed by atoms with Crippen molar-refractivity contribution in [1.29, 1.82) is 0 Å². The van der Waals surface area contributed by atoms with E-state index in [4.69, 9.17) is 0 Å². The van der Waals surface area contributed by atoms with Crippen LogP contribution in [0.5, 0.6) is 0 Å². The second-order valence-electron chi connectivity index (χ2n) is 1.92. The van der Waals surface area contributed by atoms with E-state index >= 15 is 0 Å². The summed E-state index contributed by atoms with van der Waals surface area (Å²) in [5.74, 6) is 0. The van der Waals surface area contributed by atoms with Crippen LogP contribution < -0.4 is 0 Å². The Morgan fingerprint density at radius 2 is 0.750 bits per heavy atom. The van der Waals surface area contributed by atoms with Gasteiger partial charge in [-0.3, -0.25) is 0 Å². The topological polar surface area (TPSA) is 0 Å². The number of rotatable bonds is 0. The van der Waals surface area contributed by atoms with E-state index in [1.54, 1.807) is 23.3 Å². The third-order valence-electron chi connectivity index (χ3n) is 1.11. The van der Waals surface area contributed by atoms with Crippen LogP contribution in [0.3, 0.4) is 0 Å². The molecular formula is C14H24SiZr-6. The average molecular weight is 312 g/mol. The summed E-state index contributed by atoms with van der Waals surface area (Å²) in [5.41, 5.74) is 0. The van der Waals surface area contributed by atoms with Gasteiger partial charge in [-0.15, -0.1) is 0 Å². The molecule has 0 radical (unpaired) electrons. The van der Waals surface area contributed by atoms with E-state index in [2.05, 4.69) is 0 Å². The molecule has 16 heavy (non-hydrogen) atoms. The Morgan fingerprint density at radius 3 is 0.812 bits per heavy atom. The molecule has 0 unspecified atom stereocenters. The van der Waals surface area contributed by atoms with Gasteiger partial charge >= 0.3 is 30.2 Å². The van der Waals surface area contributed by atoms with E-state index < -0.39 is 0 Å². The monoisotopic (exact) mass is 310 g/mol. The molecule has 0 aromatic heterocycles. The normalized spacial score (nSPS) is 5.19. The van der Waals surface area contributed by atoms with Crippen LogP contribution in [0.25, 0.3) is 0 Å². The molecule has 0 bridgehead atoms. The first-order valence-corrected chi connectivity index (χ1v) is 9.61. The van der Waals surface area contributed by atoms with Crippen molar-refractivity contribution >= 4 is 6.88 Å². The van der Waals surface area contributed by atoms with Crippen molar-refractivity contribution in [1.82, 2.24) is 0 Å². The van der Waals surface area contributed by atoms with E-state index in [1.807, 2.05) is 67.5 Å². The predicted molar refractivity (Wildman–Crippen MR) is 78.3 cm³/mol. The largest absolute Gasteiger partial charge is 0.214 e. The summed E-state index contributed by atoms with van der Waals surface area (Å²) in [4.78, 5) is 0. The zero-order valence-corrected chi connectivity index (χ0v) is 14.9. The number of hydrogen-bond acceptors (Lipinski definition) is 0. The minimum atomic E-state index is 0. The average Bonchev–Trinajstić information content (AvgIpc) is 2.87. The summed E-state index contributed by atoms with van der Waals surface area (Å²) in [6.45, 7) is 1.95. The summed E-state index contributed by atoms with van der Waals surface area (Å²) in [5, 5.41) is 0. The number of hydrogen-bond donors (Lipinski definition) is 0. The van der Waals surface area contributed by atoms with E-state index in [-0.39, 0.29) is 29.7 Å². The van der Waals surface area contributed by atoms with E-state index in [9.17, 15) is 0 Å². The van der Waals surface area contributed by atoms with Gasteiger partial charge in [0.15, 0.2) is 0 Å². The van der Waals surface area contributed by atoms with Gasteiger partial charge in [-0.2, -0.15) is 36.4 Å². The molecule has 0 aliphatic rings. The van der Waals surface area contributed by atoms with Gasteiger partial charge in [0.1, 0.15) is 0 Å². The Bertz CT molecular complexity index is 162. The Kier molecular flexibility index (Phi) is 54.4. The molecule has 0 spiro atoms. The van der Waals surface area contributed by atoms with Crippen LogP contribution in [-0.2, 0) is 23.3 Å². The summed E-state index contributed by atoms with van der Waals surface area (Å²) >= 11 is 1.58. The van der Waals surface area contributed by atoms with Crippen molar-refractivity contribution in [3.05, 3.63) is 90.4 Å². The standard InChI is InChI=1S/2C5H5.4CH3.H2Si.Zr/c2*1-2-4-5-3-1;;;;;;/h2*1-5H;4*1H3;1H2;/q6*-1;;. The zero-order chi connectivity index (χ0) is 9.07. The summed E-state index contributed by atoms with van der Waals surface area (Å²) < 4.78 is 0. The van der Waals surface area contributed by atoms with Gasteiger partial charge < -0.3 is 29.7 Å². The maximum atomic E-state index is 2.00. The maximum Gasteiger partial charge on any atom is -0.172 e. The first-order chi connectivity index (χ1) is 6.00. The van der Waals surface area contributed by atoms with Crippen molar-refractivity contribution in [3.8, 4) is 0 Å². The molecule has 0 nitrogen and oxygen atoms in total. The SMILES string of the molecule is [CH3-].[CH3-].[CH3-].[CH3-].[SiH2]=[Zr].c1cc[cH-]c1.c1cc[cH-]c1. The van der Waals surface area contributed by atoms with Crippen molar-refractivity contribution in [2.24, 2.45) is 0 Å². The fourth-order valence-corrected chi connectivity index (χ4v) is 0.642. The first-order valence-electron chi connectivity index (χ1n) is 3.69. The molecule has 94 valence electrons. The Labute approximate surface area is 120 Å². The van der Waals surface area contributed by atoms with Gasteiger partial charge in [0, 0.05) is 0 Å². The summed E-state index contributed by atoms with van der Waals surface area (Å²) in [6.07, 6.45) is 0. The van der Waals surface area contributed by atoms with Crippen molar-refractivity contribution in [2.45, 2.75) is 0 Å². The van der Waals surface area contributed by atoms with Crippen LogP contribution in [-0.4, -0.2) is 6.88 Å². The van der Waals surface area contributed by atoms with Crippen molar-refractivity contribution in [2.75, 3.05) is 0 Å². The molecule has 2 rings (SSSR count). The minimum absolute atomic E-state index is 0. The van der Waals surface area contributed by atoms with Gasteiger partial charge in [-0.05, 0) is 0 Å². The molecule has 0 aliphatic heterocycles. The fourth-order valence-electron chi connectivity index (χ4n) is 0.642. The summed E-state index contributed by atoms with van der Waals surface area (Å²) in [6, 6.07) is 20.0. The quantitative estimate of drug-likeness (QED) is 0.514. The van der Waals surface area contributed by atoms with Crippen molar-refractivity contribution in [3.63, 3.8) is 0 Å². The summed E-state index contributed by atoms with van der Waals surface area (Å²) in [7, 11) is 0. The van der Waals surface area contributed by atoms with Crippen LogP contribution in [0.2, 0.25) is 0 Å². The molecule has 0 fully saturated rings. The zero-order valence-electron chi connectivity index (χ0n) is 11.0. The predicted octanol–water partition coefficient (Wildman–Crippen LogP) is 3.69. The minimum Gasteiger partial charge on any atom is -0.214 e. The van der Waals surface area contributed by atoms with E-state index in [0.29, 0.717) is 0 Å². The molecule has 0 saturated heterocycles. The van der Waals surface area contributed by atoms with Gasteiger partial charge in [-0.25, -0.2) is 24.3 Å². The smallest absolute Gasteiger partial charge is 0.172 e. The van der Waals surface area contributed by atoms with Gasteiger partial charge in [0.2, 0.25) is 0 Å². The molecular weight excluding hydrogens is 287 g/mol. The van der Waals surface area contributed by atoms with Crippen LogP contribution in [0.4, 0.5) is 0 Å². The molecule has 0 saturated carbocycles. The second-order valence-corrected chi connectivity index (χ2v) is 1.92. The van der Waals surface area contributed by atoms with Gasteiger partial charge in [0.05, 0.1) is 0 Å². The molecule has 0 heterocycles. The first kappa shape index (κ1) is 29.7. The molecule has 2 aromatic carbocycles. The van der Waals surface area contributed by atoms with Crippen LogP contribution in [0.15, 0.2) is 60.7 Å². The van der Waals surface area contributed by atoms with Gasteiger partial charge in [-0.1, -0.05) is 0 Å². The molecule has 2 heteroatoms. The molecule has 0 N–H and O–H groups in total.